The second-order valence-corrected chi connectivity index (χ2v) is 7.90. The summed E-state index contributed by atoms with van der Waals surface area (Å²) in [5.41, 5.74) is 0.137. The summed E-state index contributed by atoms with van der Waals surface area (Å²) >= 11 is 0. The molecule has 1 heterocycles. The molecule has 4 aromatic carbocycles. The molecule has 126 valence electrons. The van der Waals surface area contributed by atoms with E-state index in [1.54, 1.807) is 5.23 Å². The minimum atomic E-state index is -0.406. The second-order valence-electron chi connectivity index (χ2n) is 7.90. The van der Waals surface area contributed by atoms with Crippen molar-refractivity contribution in [2.45, 2.75) is 38.9 Å². The molecule has 0 saturated carbocycles. The van der Waals surface area contributed by atoms with Crippen LogP contribution < -0.4 is 5.23 Å². The number of rotatable bonds is 1. The van der Waals surface area contributed by atoms with Crippen molar-refractivity contribution in [1.29, 1.82) is 0 Å². The van der Waals surface area contributed by atoms with Crippen molar-refractivity contribution in [3.05, 3.63) is 54.6 Å². The molecule has 0 amide bonds. The van der Waals surface area contributed by atoms with Gasteiger partial charge in [-0.2, -0.15) is 0 Å². The third-order valence-corrected chi connectivity index (χ3v) is 5.77. The van der Waals surface area contributed by atoms with Crippen molar-refractivity contribution in [3.8, 4) is 0 Å². The van der Waals surface area contributed by atoms with E-state index >= 15 is 0 Å². The van der Waals surface area contributed by atoms with E-state index in [1.807, 2.05) is 0 Å². The van der Waals surface area contributed by atoms with E-state index < -0.39 is 11.2 Å². The summed E-state index contributed by atoms with van der Waals surface area (Å²) in [5.74, 6) is 0. The molecule has 0 spiro atoms. The molecule has 25 heavy (non-hydrogen) atoms. The van der Waals surface area contributed by atoms with Gasteiger partial charge in [0.25, 0.3) is 0 Å². The average molecular weight is 331 g/mol. The average Bonchev–Trinajstić information content (AvgIpc) is 2.80. The number of anilines is 1. The molecule has 1 aliphatic heterocycles. The van der Waals surface area contributed by atoms with E-state index in [-0.39, 0.29) is 0 Å². The summed E-state index contributed by atoms with van der Waals surface area (Å²) < 4.78 is 0. The highest BCUT2D eigenvalue weighted by atomic mass is 17.0. The molecular weight excluding hydrogens is 310 g/mol. The Balaban J connectivity index is 1.81. The summed E-state index contributed by atoms with van der Waals surface area (Å²) in [6.45, 7) is 8.23. The van der Waals surface area contributed by atoms with Crippen LogP contribution in [0.15, 0.2) is 54.6 Å². The Morgan fingerprint density at radius 2 is 1.16 bits per heavy atom. The molecule has 0 unspecified atom stereocenters. The van der Waals surface area contributed by atoms with E-state index in [0.717, 1.165) is 11.1 Å². The topological polar surface area (TPSA) is 21.7 Å². The fraction of sp³-hybridized carbons (Fsp3) is 0.273. The first-order chi connectivity index (χ1) is 11.9. The van der Waals surface area contributed by atoms with Crippen LogP contribution >= 0.6 is 0 Å². The lowest BCUT2D eigenvalue weighted by Gasteiger charge is -2.26. The Hall–Kier alpha value is -2.36. The number of nitrogens with zero attached hydrogens (tertiary/aromatic N) is 1. The maximum atomic E-state index is 6.15. The van der Waals surface area contributed by atoms with Gasteiger partial charge in [-0.05, 0) is 60.7 Å². The van der Waals surface area contributed by atoms with Crippen LogP contribution in [0.2, 0.25) is 0 Å². The molecule has 5 rings (SSSR count). The molecule has 1 fully saturated rings. The van der Waals surface area contributed by atoms with Crippen molar-refractivity contribution < 1.29 is 9.68 Å². The highest BCUT2D eigenvalue weighted by Gasteiger charge is 2.50. The summed E-state index contributed by atoms with van der Waals surface area (Å²) in [6, 6.07) is 19.4. The highest BCUT2D eigenvalue weighted by molar-refractivity contribution is 6.25. The van der Waals surface area contributed by atoms with E-state index in [9.17, 15) is 0 Å². The predicted octanol–water partition coefficient (Wildman–Crippen LogP) is 5.82. The summed E-state index contributed by atoms with van der Waals surface area (Å²) in [4.78, 5) is 12.3. The fourth-order valence-corrected chi connectivity index (χ4v) is 3.63. The van der Waals surface area contributed by atoms with Gasteiger partial charge >= 0.3 is 0 Å². The van der Waals surface area contributed by atoms with E-state index in [1.165, 1.54) is 26.9 Å². The smallest absolute Gasteiger partial charge is 0.124 e. The SMILES string of the molecule is CC1(C)ON(c2ccc3ccc4cccc5ccc2c3c45)OC1(C)C. The van der Waals surface area contributed by atoms with Gasteiger partial charge in [0.1, 0.15) is 16.9 Å². The standard InChI is InChI=1S/C22H21NO2/c1-21(2)22(3,4)25-23(24-21)18-13-11-16-9-8-14-6-5-7-15-10-12-17(18)20(16)19(14)15/h5-13H,1-4H3. The van der Waals surface area contributed by atoms with Crippen molar-refractivity contribution in [1.82, 2.24) is 0 Å². The maximum Gasteiger partial charge on any atom is 0.124 e. The number of hydrogen-bond acceptors (Lipinski definition) is 3. The van der Waals surface area contributed by atoms with Crippen molar-refractivity contribution >= 4 is 38.0 Å². The van der Waals surface area contributed by atoms with E-state index in [4.69, 9.17) is 9.68 Å². The highest BCUT2D eigenvalue weighted by Crippen LogP contribution is 2.44. The zero-order valence-electron chi connectivity index (χ0n) is 15.0. The minimum absolute atomic E-state index is 0.406. The lowest BCUT2D eigenvalue weighted by Crippen LogP contribution is -2.41. The number of benzene rings is 4. The Kier molecular flexibility index (Phi) is 2.76. The van der Waals surface area contributed by atoms with Gasteiger partial charge < -0.3 is 0 Å². The first-order valence-electron chi connectivity index (χ1n) is 8.72. The Bertz CT molecular complexity index is 1080. The lowest BCUT2D eigenvalue weighted by atomic mass is 9.90. The summed E-state index contributed by atoms with van der Waals surface area (Å²) in [5, 5.41) is 9.08. The summed E-state index contributed by atoms with van der Waals surface area (Å²) in [7, 11) is 0. The molecule has 0 N–H and O–H groups in total. The zero-order chi connectivity index (χ0) is 17.4. The molecule has 1 saturated heterocycles. The van der Waals surface area contributed by atoms with Gasteiger partial charge in [0, 0.05) is 5.39 Å². The molecule has 3 nitrogen and oxygen atoms in total. The molecule has 4 aromatic rings. The molecule has 0 atom stereocenters. The van der Waals surface area contributed by atoms with Crippen LogP contribution in [0.3, 0.4) is 0 Å². The van der Waals surface area contributed by atoms with Crippen LogP contribution in [0.25, 0.3) is 32.3 Å². The fourth-order valence-electron chi connectivity index (χ4n) is 3.63. The van der Waals surface area contributed by atoms with Crippen LogP contribution in [0.1, 0.15) is 27.7 Å². The number of hydrogen-bond donors (Lipinski definition) is 0. The maximum absolute atomic E-state index is 6.15. The van der Waals surface area contributed by atoms with Crippen LogP contribution in [-0.4, -0.2) is 11.2 Å². The van der Waals surface area contributed by atoms with Crippen LogP contribution in [0, 0.1) is 0 Å². The van der Waals surface area contributed by atoms with Crippen LogP contribution in [-0.2, 0) is 9.68 Å². The lowest BCUT2D eigenvalue weighted by molar-refractivity contribution is -0.0266. The monoisotopic (exact) mass is 331 g/mol. The van der Waals surface area contributed by atoms with Gasteiger partial charge in [0.15, 0.2) is 0 Å². The van der Waals surface area contributed by atoms with E-state index in [0.29, 0.717) is 0 Å². The first kappa shape index (κ1) is 14.9. The van der Waals surface area contributed by atoms with Crippen LogP contribution in [0.5, 0.6) is 0 Å². The normalized spacial score (nSPS) is 19.4. The molecule has 0 aromatic heterocycles. The van der Waals surface area contributed by atoms with Gasteiger partial charge in [0.2, 0.25) is 0 Å². The first-order valence-corrected chi connectivity index (χ1v) is 8.72. The van der Waals surface area contributed by atoms with Gasteiger partial charge in [-0.15, -0.1) is 5.23 Å². The Labute approximate surface area is 147 Å². The molecule has 1 aliphatic rings. The van der Waals surface area contributed by atoms with Crippen LogP contribution in [0.4, 0.5) is 5.69 Å². The molecule has 0 aliphatic carbocycles. The molecule has 0 bridgehead atoms. The second kappa shape index (κ2) is 4.63. The van der Waals surface area contributed by atoms with Crippen molar-refractivity contribution in [2.24, 2.45) is 0 Å². The Morgan fingerprint density at radius 1 is 0.640 bits per heavy atom. The van der Waals surface area contributed by atoms with Crippen molar-refractivity contribution in [2.75, 3.05) is 5.23 Å². The molecule has 3 heteroatoms. The zero-order valence-corrected chi connectivity index (χ0v) is 15.0. The van der Waals surface area contributed by atoms with Gasteiger partial charge in [-0.25, -0.2) is 9.68 Å². The van der Waals surface area contributed by atoms with Gasteiger partial charge in [0.05, 0.1) is 0 Å². The quantitative estimate of drug-likeness (QED) is 0.410. The summed E-state index contributed by atoms with van der Waals surface area (Å²) in [6.07, 6.45) is 0. The van der Waals surface area contributed by atoms with Crippen molar-refractivity contribution in [3.63, 3.8) is 0 Å². The minimum Gasteiger partial charge on any atom is -0.239 e. The molecular formula is C22H21NO2. The molecule has 0 radical (unpaired) electrons. The largest absolute Gasteiger partial charge is 0.239 e. The van der Waals surface area contributed by atoms with Gasteiger partial charge in [-0.3, -0.25) is 0 Å². The van der Waals surface area contributed by atoms with E-state index in [2.05, 4.69) is 82.3 Å². The third-order valence-electron chi connectivity index (χ3n) is 5.77. The third kappa shape index (κ3) is 1.94. The predicted molar refractivity (Wildman–Crippen MR) is 103 cm³/mol. The van der Waals surface area contributed by atoms with Gasteiger partial charge in [-0.1, -0.05) is 48.5 Å². The Morgan fingerprint density at radius 3 is 1.80 bits per heavy atom.